The van der Waals surface area contributed by atoms with Gasteiger partial charge in [-0.1, -0.05) is 78.8 Å². The van der Waals surface area contributed by atoms with Crippen molar-refractivity contribution in [2.45, 2.75) is 25.4 Å². The van der Waals surface area contributed by atoms with Gasteiger partial charge in [-0.3, -0.25) is 4.90 Å². The molecule has 6 rings (SSSR count). The van der Waals surface area contributed by atoms with Crippen molar-refractivity contribution in [1.29, 1.82) is 0 Å². The highest BCUT2D eigenvalue weighted by atomic mass is 35.5. The lowest BCUT2D eigenvalue weighted by Crippen LogP contribution is -2.40. The maximum atomic E-state index is 12.7. The second kappa shape index (κ2) is 10.8. The van der Waals surface area contributed by atoms with Crippen LogP contribution in [0.3, 0.4) is 0 Å². The van der Waals surface area contributed by atoms with Crippen LogP contribution >= 0.6 is 11.6 Å². The number of methoxy groups -OCH3 is 2. The van der Waals surface area contributed by atoms with Gasteiger partial charge in [-0.2, -0.15) is 0 Å². The largest absolute Gasteiger partial charge is 0.496 e. The van der Waals surface area contributed by atoms with Crippen LogP contribution < -0.4 is 14.2 Å². The molecule has 0 aliphatic carbocycles. The fourth-order valence-electron chi connectivity index (χ4n) is 6.18. The second-order valence-electron chi connectivity index (χ2n) is 10.0. The van der Waals surface area contributed by atoms with Crippen LogP contribution in [-0.4, -0.2) is 31.6 Å². The van der Waals surface area contributed by atoms with E-state index in [4.69, 9.17) is 25.8 Å². The van der Waals surface area contributed by atoms with Crippen molar-refractivity contribution in [1.82, 2.24) is 4.90 Å². The summed E-state index contributed by atoms with van der Waals surface area (Å²) in [7, 11) is 3.34. The number of hydrogen-bond donors (Lipinski definition) is 0. The summed E-state index contributed by atoms with van der Waals surface area (Å²) in [6.45, 7) is 5.19. The Labute approximate surface area is 239 Å². The standard InChI is InChI=1S/C34H30ClNO4/c1-4-30(37)40-34-32-23(17-28(38-2)33(34)22-13-9-6-10-14-22)15-16-36-20-25-24(18-27(32)36)26(35)19-29(39-3)31(25)21-11-7-5-8-12-21/h4-14,17,19,27H,1,15-16,18,20H2,2-3H3. The van der Waals surface area contributed by atoms with Crippen LogP contribution in [0.15, 0.2) is 85.5 Å². The fraction of sp³-hybridized carbons (Fsp3) is 0.206. The highest BCUT2D eigenvalue weighted by Gasteiger charge is 2.39. The number of carbonyl (C=O) groups excluding carboxylic acids is 1. The van der Waals surface area contributed by atoms with Crippen LogP contribution in [0.5, 0.6) is 17.2 Å². The van der Waals surface area contributed by atoms with Gasteiger partial charge < -0.3 is 14.2 Å². The summed E-state index contributed by atoms with van der Waals surface area (Å²) < 4.78 is 17.7. The molecule has 6 heteroatoms. The Morgan fingerprint density at radius 1 is 0.925 bits per heavy atom. The summed E-state index contributed by atoms with van der Waals surface area (Å²) in [6.07, 6.45) is 2.67. The number of nitrogens with zero attached hydrogens (tertiary/aromatic N) is 1. The monoisotopic (exact) mass is 551 g/mol. The Morgan fingerprint density at radius 2 is 1.55 bits per heavy atom. The number of hydrogen-bond acceptors (Lipinski definition) is 5. The number of rotatable bonds is 6. The molecule has 0 aromatic heterocycles. The molecule has 4 aromatic rings. The van der Waals surface area contributed by atoms with Gasteiger partial charge in [0.2, 0.25) is 0 Å². The molecule has 2 heterocycles. The highest BCUT2D eigenvalue weighted by Crippen LogP contribution is 2.52. The van der Waals surface area contributed by atoms with Crippen LogP contribution in [-0.2, 0) is 24.2 Å². The zero-order valence-electron chi connectivity index (χ0n) is 22.6. The number of benzene rings is 4. The van der Waals surface area contributed by atoms with Crippen LogP contribution in [0.1, 0.15) is 28.3 Å². The van der Waals surface area contributed by atoms with Gasteiger partial charge >= 0.3 is 5.97 Å². The topological polar surface area (TPSA) is 48.0 Å². The van der Waals surface area contributed by atoms with Crippen molar-refractivity contribution in [2.75, 3.05) is 20.8 Å². The first kappa shape index (κ1) is 26.2. The summed E-state index contributed by atoms with van der Waals surface area (Å²) in [5, 5.41) is 0.680. The molecule has 1 atom stereocenters. The highest BCUT2D eigenvalue weighted by molar-refractivity contribution is 6.31. The zero-order valence-corrected chi connectivity index (χ0v) is 23.3. The Hall–Kier alpha value is -4.06. The van der Waals surface area contributed by atoms with E-state index in [2.05, 4.69) is 29.7 Å². The minimum absolute atomic E-state index is 0.0354. The van der Waals surface area contributed by atoms with E-state index in [0.717, 1.165) is 57.7 Å². The van der Waals surface area contributed by atoms with Gasteiger partial charge in [-0.25, -0.2) is 4.79 Å². The molecule has 202 valence electrons. The zero-order chi connectivity index (χ0) is 27.8. The molecule has 0 spiro atoms. The number of fused-ring (bicyclic) bond motifs is 4. The molecule has 40 heavy (non-hydrogen) atoms. The molecule has 4 aromatic carbocycles. The lowest BCUT2D eigenvalue weighted by atomic mass is 9.80. The number of halogens is 1. The van der Waals surface area contributed by atoms with E-state index in [-0.39, 0.29) is 6.04 Å². The maximum absolute atomic E-state index is 12.7. The summed E-state index contributed by atoms with van der Waals surface area (Å²) in [4.78, 5) is 15.2. The average molecular weight is 552 g/mol. The maximum Gasteiger partial charge on any atom is 0.335 e. The lowest BCUT2D eigenvalue weighted by molar-refractivity contribution is -0.129. The van der Waals surface area contributed by atoms with Crippen LogP contribution in [0.25, 0.3) is 22.3 Å². The van der Waals surface area contributed by atoms with E-state index in [1.54, 1.807) is 14.2 Å². The van der Waals surface area contributed by atoms with E-state index in [0.29, 0.717) is 29.5 Å². The third-order valence-corrected chi connectivity index (χ3v) is 8.30. The molecule has 5 nitrogen and oxygen atoms in total. The molecule has 0 fully saturated rings. The molecule has 0 amide bonds. The predicted octanol–water partition coefficient (Wildman–Crippen LogP) is 7.44. The van der Waals surface area contributed by atoms with Gasteiger partial charge in [0.1, 0.15) is 17.2 Å². The van der Waals surface area contributed by atoms with Crippen molar-refractivity contribution in [2.24, 2.45) is 0 Å². The first-order chi connectivity index (χ1) is 19.5. The van der Waals surface area contributed by atoms with E-state index in [9.17, 15) is 4.79 Å². The quantitative estimate of drug-likeness (QED) is 0.142. The molecule has 0 radical (unpaired) electrons. The molecule has 0 saturated carbocycles. The van der Waals surface area contributed by atoms with Crippen molar-refractivity contribution in [3.8, 4) is 39.5 Å². The Kier molecular flexibility index (Phi) is 7.09. The Balaban J connectivity index is 1.56. The van der Waals surface area contributed by atoms with E-state index in [1.165, 1.54) is 11.6 Å². The first-order valence-electron chi connectivity index (χ1n) is 13.3. The minimum atomic E-state index is -0.505. The average Bonchev–Trinajstić information content (AvgIpc) is 3.00. The van der Waals surface area contributed by atoms with Gasteiger partial charge in [0, 0.05) is 41.4 Å². The molecule has 1 unspecified atom stereocenters. The van der Waals surface area contributed by atoms with Gasteiger partial charge in [0.05, 0.1) is 19.8 Å². The van der Waals surface area contributed by atoms with Crippen LogP contribution in [0.4, 0.5) is 0 Å². The molecule has 0 bridgehead atoms. The third-order valence-electron chi connectivity index (χ3n) is 7.96. The lowest BCUT2D eigenvalue weighted by Gasteiger charge is -2.43. The van der Waals surface area contributed by atoms with Crippen LogP contribution in [0, 0.1) is 0 Å². The van der Waals surface area contributed by atoms with E-state index >= 15 is 0 Å². The smallest absolute Gasteiger partial charge is 0.335 e. The first-order valence-corrected chi connectivity index (χ1v) is 13.7. The number of carbonyl (C=O) groups is 1. The second-order valence-corrected chi connectivity index (χ2v) is 10.5. The summed E-state index contributed by atoms with van der Waals surface area (Å²) in [6, 6.07) is 24.2. The molecule has 0 saturated heterocycles. The van der Waals surface area contributed by atoms with Gasteiger partial charge in [0.25, 0.3) is 0 Å². The Bertz CT molecular complexity index is 1600. The normalized spacial score (nSPS) is 15.8. The Morgan fingerprint density at radius 3 is 2.17 bits per heavy atom. The van der Waals surface area contributed by atoms with Crippen LogP contribution in [0.2, 0.25) is 5.02 Å². The molecular weight excluding hydrogens is 522 g/mol. The van der Waals surface area contributed by atoms with Crippen molar-refractivity contribution in [3.63, 3.8) is 0 Å². The predicted molar refractivity (Wildman–Crippen MR) is 158 cm³/mol. The van der Waals surface area contributed by atoms with E-state index < -0.39 is 5.97 Å². The van der Waals surface area contributed by atoms with Gasteiger partial charge in [0.15, 0.2) is 0 Å². The molecular formula is C34H30ClNO4. The molecule has 2 aliphatic rings. The van der Waals surface area contributed by atoms with Gasteiger partial charge in [-0.15, -0.1) is 0 Å². The van der Waals surface area contributed by atoms with Gasteiger partial charge in [-0.05, 0) is 52.8 Å². The summed E-state index contributed by atoms with van der Waals surface area (Å²) >= 11 is 6.95. The molecule has 2 aliphatic heterocycles. The number of esters is 1. The number of ether oxygens (including phenoxy) is 3. The van der Waals surface area contributed by atoms with Crippen molar-refractivity contribution < 1.29 is 19.0 Å². The third kappa shape index (κ3) is 4.45. The van der Waals surface area contributed by atoms with E-state index in [1.807, 2.05) is 54.6 Å². The van der Waals surface area contributed by atoms with Crippen molar-refractivity contribution in [3.05, 3.63) is 113 Å². The minimum Gasteiger partial charge on any atom is -0.496 e. The summed E-state index contributed by atoms with van der Waals surface area (Å²) in [5.74, 6) is 1.46. The summed E-state index contributed by atoms with van der Waals surface area (Å²) in [5.41, 5.74) is 8.22. The molecule has 0 N–H and O–H groups in total. The SMILES string of the molecule is C=CC(=O)Oc1c(-c2ccccc2)c(OC)cc2c1C1Cc3c(Cl)cc(OC)c(-c4ccccc4)c3CN1CC2. The fourth-order valence-corrected chi connectivity index (χ4v) is 6.47. The van der Waals surface area contributed by atoms with Crippen molar-refractivity contribution >= 4 is 17.6 Å².